The first-order chi connectivity index (χ1) is 15.9. The van der Waals surface area contributed by atoms with Crippen LogP contribution in [-0.2, 0) is 9.53 Å². The van der Waals surface area contributed by atoms with Gasteiger partial charge in [0, 0.05) is 49.4 Å². The lowest BCUT2D eigenvalue weighted by molar-refractivity contribution is -0.384. The number of hydrogen-bond donors (Lipinski definition) is 0. The summed E-state index contributed by atoms with van der Waals surface area (Å²) >= 11 is 7.63. The Labute approximate surface area is 200 Å². The standard InChI is InChI=1S/C23H23ClN4O4S/c1-16-13-18(24)15-20-22(16)25-23(33-20)27(8-7-26-9-11-32-12-10-26)21(29)6-5-17-3-2-4-19(14-17)28(30)31/h2-6,13-15H,7-12H2,1H3/b6-5+. The van der Waals surface area contributed by atoms with Crippen LogP contribution in [0.5, 0.6) is 0 Å². The molecule has 8 nitrogen and oxygen atoms in total. The Kier molecular flexibility index (Phi) is 7.34. The van der Waals surface area contributed by atoms with Gasteiger partial charge in [-0.3, -0.25) is 24.7 Å². The van der Waals surface area contributed by atoms with E-state index in [-0.39, 0.29) is 11.6 Å². The fourth-order valence-corrected chi connectivity index (χ4v) is 5.08. The SMILES string of the molecule is Cc1cc(Cl)cc2sc(N(CCN3CCOCC3)C(=O)/C=C/c3cccc([N+](=O)[O-])c3)nc12. The monoisotopic (exact) mass is 486 g/mol. The first kappa shape index (κ1) is 23.3. The lowest BCUT2D eigenvalue weighted by Crippen LogP contribution is -2.42. The van der Waals surface area contributed by atoms with Gasteiger partial charge in [-0.2, -0.15) is 0 Å². The van der Waals surface area contributed by atoms with Gasteiger partial charge in [-0.05, 0) is 36.3 Å². The Balaban J connectivity index is 1.60. The molecule has 2 heterocycles. The second kappa shape index (κ2) is 10.4. The molecule has 172 valence electrons. The van der Waals surface area contributed by atoms with Gasteiger partial charge in [-0.25, -0.2) is 4.98 Å². The maximum Gasteiger partial charge on any atom is 0.270 e. The van der Waals surface area contributed by atoms with Crippen molar-refractivity contribution in [1.29, 1.82) is 0 Å². The minimum atomic E-state index is -0.456. The Hall–Kier alpha value is -2.85. The van der Waals surface area contributed by atoms with Gasteiger partial charge in [-0.15, -0.1) is 0 Å². The van der Waals surface area contributed by atoms with E-state index in [1.807, 2.05) is 19.1 Å². The van der Waals surface area contributed by atoms with Crippen LogP contribution >= 0.6 is 22.9 Å². The predicted octanol–water partition coefficient (Wildman–Crippen LogP) is 4.54. The highest BCUT2D eigenvalue weighted by atomic mass is 35.5. The Morgan fingerprint density at radius 1 is 1.33 bits per heavy atom. The number of halogens is 1. The number of anilines is 1. The van der Waals surface area contributed by atoms with Crippen molar-refractivity contribution < 1.29 is 14.5 Å². The molecule has 1 aliphatic rings. The van der Waals surface area contributed by atoms with Crippen LogP contribution in [0.3, 0.4) is 0 Å². The molecule has 1 amide bonds. The normalized spacial score (nSPS) is 14.7. The maximum atomic E-state index is 13.2. The number of fused-ring (bicyclic) bond motifs is 1. The number of hydrogen-bond acceptors (Lipinski definition) is 7. The highest BCUT2D eigenvalue weighted by Crippen LogP contribution is 2.33. The van der Waals surface area contributed by atoms with Crippen molar-refractivity contribution in [2.45, 2.75) is 6.92 Å². The molecule has 1 aromatic heterocycles. The molecule has 1 saturated heterocycles. The van der Waals surface area contributed by atoms with Crippen LogP contribution in [0.2, 0.25) is 5.02 Å². The van der Waals surface area contributed by atoms with Gasteiger partial charge in [0.2, 0.25) is 0 Å². The predicted molar refractivity (Wildman–Crippen MR) is 131 cm³/mol. The first-order valence-corrected chi connectivity index (χ1v) is 11.7. The molecule has 3 aromatic rings. The highest BCUT2D eigenvalue weighted by Gasteiger charge is 2.21. The van der Waals surface area contributed by atoms with Gasteiger partial charge in [0.05, 0.1) is 28.4 Å². The number of rotatable bonds is 7. The van der Waals surface area contributed by atoms with E-state index in [1.54, 1.807) is 23.1 Å². The minimum absolute atomic E-state index is 0.0210. The van der Waals surface area contributed by atoms with Crippen molar-refractivity contribution in [3.8, 4) is 0 Å². The molecule has 10 heteroatoms. The van der Waals surface area contributed by atoms with E-state index < -0.39 is 4.92 Å². The summed E-state index contributed by atoms with van der Waals surface area (Å²) in [4.78, 5) is 32.5. The fraction of sp³-hybridized carbons (Fsp3) is 0.304. The molecule has 0 bridgehead atoms. The van der Waals surface area contributed by atoms with E-state index in [9.17, 15) is 14.9 Å². The largest absolute Gasteiger partial charge is 0.379 e. The van der Waals surface area contributed by atoms with Crippen LogP contribution in [0.1, 0.15) is 11.1 Å². The zero-order chi connectivity index (χ0) is 23.4. The van der Waals surface area contributed by atoms with Crippen molar-refractivity contribution in [2.75, 3.05) is 44.3 Å². The summed E-state index contributed by atoms with van der Waals surface area (Å²) in [5.41, 5.74) is 2.34. The number of amides is 1. The molecule has 0 N–H and O–H groups in total. The third-order valence-electron chi connectivity index (χ3n) is 5.38. The zero-order valence-corrected chi connectivity index (χ0v) is 19.6. The van der Waals surface area contributed by atoms with Gasteiger partial charge in [0.25, 0.3) is 11.6 Å². The number of carbonyl (C=O) groups excluding carboxylic acids is 1. The van der Waals surface area contributed by atoms with E-state index in [0.717, 1.165) is 28.9 Å². The molecule has 33 heavy (non-hydrogen) atoms. The number of thiazole rings is 1. The van der Waals surface area contributed by atoms with Crippen LogP contribution in [0.15, 0.2) is 42.5 Å². The average molecular weight is 487 g/mol. The summed E-state index contributed by atoms with van der Waals surface area (Å²) in [6.45, 7) is 6.10. The average Bonchev–Trinajstić information content (AvgIpc) is 3.22. The van der Waals surface area contributed by atoms with Gasteiger partial charge in [0.15, 0.2) is 5.13 Å². The number of morpholine rings is 1. The number of non-ortho nitro benzene ring substituents is 1. The smallest absolute Gasteiger partial charge is 0.270 e. The molecule has 1 fully saturated rings. The molecule has 0 aliphatic carbocycles. The molecule has 4 rings (SSSR count). The summed E-state index contributed by atoms with van der Waals surface area (Å²) in [6, 6.07) is 9.88. The fourth-order valence-electron chi connectivity index (χ4n) is 3.62. The molecular weight excluding hydrogens is 464 g/mol. The van der Waals surface area contributed by atoms with Gasteiger partial charge >= 0.3 is 0 Å². The number of aryl methyl sites for hydroxylation is 1. The first-order valence-electron chi connectivity index (χ1n) is 10.5. The summed E-state index contributed by atoms with van der Waals surface area (Å²) in [5.74, 6) is -0.238. The Morgan fingerprint density at radius 3 is 2.88 bits per heavy atom. The summed E-state index contributed by atoms with van der Waals surface area (Å²) < 4.78 is 6.33. The number of aromatic nitrogens is 1. The number of nitro groups is 1. The van der Waals surface area contributed by atoms with E-state index in [2.05, 4.69) is 4.90 Å². The molecule has 0 spiro atoms. The molecule has 0 unspecified atom stereocenters. The molecule has 0 radical (unpaired) electrons. The number of nitro benzene ring substituents is 1. The second-order valence-corrected chi connectivity index (χ2v) is 9.14. The van der Waals surface area contributed by atoms with E-state index >= 15 is 0 Å². The van der Waals surface area contributed by atoms with E-state index in [4.69, 9.17) is 21.3 Å². The molecular formula is C23H23ClN4O4S. The van der Waals surface area contributed by atoms with Crippen molar-refractivity contribution in [1.82, 2.24) is 9.88 Å². The quantitative estimate of drug-likeness (QED) is 0.276. The summed E-state index contributed by atoms with van der Waals surface area (Å²) in [7, 11) is 0. The van der Waals surface area contributed by atoms with Crippen molar-refractivity contribution in [3.63, 3.8) is 0 Å². The van der Waals surface area contributed by atoms with Crippen LogP contribution < -0.4 is 4.90 Å². The van der Waals surface area contributed by atoms with E-state index in [1.165, 1.54) is 29.5 Å². The second-order valence-electron chi connectivity index (χ2n) is 7.70. The molecule has 1 aliphatic heterocycles. The van der Waals surface area contributed by atoms with Crippen molar-refractivity contribution in [2.24, 2.45) is 0 Å². The van der Waals surface area contributed by atoms with Gasteiger partial charge < -0.3 is 4.74 Å². The molecule has 2 aromatic carbocycles. The molecule has 0 saturated carbocycles. The Bertz CT molecular complexity index is 1210. The van der Waals surface area contributed by atoms with Crippen LogP contribution in [-0.4, -0.2) is 60.1 Å². The number of nitrogens with zero attached hydrogens (tertiary/aromatic N) is 4. The number of benzene rings is 2. The van der Waals surface area contributed by atoms with Crippen molar-refractivity contribution in [3.05, 3.63) is 68.7 Å². The van der Waals surface area contributed by atoms with Crippen LogP contribution in [0.25, 0.3) is 16.3 Å². The van der Waals surface area contributed by atoms with Crippen LogP contribution in [0.4, 0.5) is 10.8 Å². The highest BCUT2D eigenvalue weighted by molar-refractivity contribution is 7.22. The minimum Gasteiger partial charge on any atom is -0.379 e. The van der Waals surface area contributed by atoms with Crippen molar-refractivity contribution >= 4 is 56.0 Å². The van der Waals surface area contributed by atoms with Crippen LogP contribution in [0, 0.1) is 17.0 Å². The zero-order valence-electron chi connectivity index (χ0n) is 18.1. The number of carbonyl (C=O) groups is 1. The lowest BCUT2D eigenvalue weighted by atomic mass is 10.2. The molecule has 0 atom stereocenters. The van der Waals surface area contributed by atoms with Gasteiger partial charge in [-0.1, -0.05) is 35.1 Å². The van der Waals surface area contributed by atoms with E-state index in [0.29, 0.717) is 42.0 Å². The topological polar surface area (TPSA) is 88.8 Å². The number of ether oxygens (including phenoxy) is 1. The lowest BCUT2D eigenvalue weighted by Gasteiger charge is -2.28. The van der Waals surface area contributed by atoms with Gasteiger partial charge in [0.1, 0.15) is 0 Å². The third-order valence-corrected chi connectivity index (χ3v) is 6.62. The maximum absolute atomic E-state index is 13.2. The summed E-state index contributed by atoms with van der Waals surface area (Å²) in [5, 5.41) is 12.3. The Morgan fingerprint density at radius 2 is 2.12 bits per heavy atom. The summed E-state index contributed by atoms with van der Waals surface area (Å²) in [6.07, 6.45) is 3.02. The third kappa shape index (κ3) is 5.75.